The van der Waals surface area contributed by atoms with E-state index in [0.29, 0.717) is 35.4 Å². The second-order valence-electron chi connectivity index (χ2n) is 6.28. The molecule has 1 aromatic heterocycles. The minimum Gasteiger partial charge on any atom is -0.366 e. The lowest BCUT2D eigenvalue weighted by atomic mass is 10.2. The van der Waals surface area contributed by atoms with Crippen LogP contribution in [0.4, 0.5) is 5.82 Å². The van der Waals surface area contributed by atoms with Gasteiger partial charge in [-0.15, -0.1) is 0 Å². The number of hydrogen-bond acceptors (Lipinski definition) is 4. The summed E-state index contributed by atoms with van der Waals surface area (Å²) in [5, 5.41) is 3.91. The van der Waals surface area contributed by atoms with Crippen molar-refractivity contribution in [3.05, 3.63) is 88.3 Å². The highest BCUT2D eigenvalue weighted by Gasteiger charge is 2.15. The summed E-state index contributed by atoms with van der Waals surface area (Å²) in [4.78, 5) is 23.1. The number of rotatable bonds is 6. The first-order valence-electron chi connectivity index (χ1n) is 8.65. The van der Waals surface area contributed by atoms with Crippen LogP contribution in [-0.2, 0) is 13.1 Å². The Hall–Kier alpha value is -2.92. The van der Waals surface area contributed by atoms with Crippen LogP contribution in [0.15, 0.2) is 60.7 Å². The summed E-state index contributed by atoms with van der Waals surface area (Å²) < 4.78 is 0. The van der Waals surface area contributed by atoms with Crippen LogP contribution in [-0.4, -0.2) is 27.8 Å². The number of aryl methyl sites for hydroxylation is 1. The van der Waals surface area contributed by atoms with Gasteiger partial charge in [0.25, 0.3) is 5.91 Å². The van der Waals surface area contributed by atoms with Crippen LogP contribution >= 0.6 is 11.6 Å². The molecule has 0 saturated heterocycles. The smallest absolute Gasteiger partial charge is 0.272 e. The summed E-state index contributed by atoms with van der Waals surface area (Å²) in [5.74, 6) is 0.986. The van der Waals surface area contributed by atoms with Gasteiger partial charge in [0.2, 0.25) is 0 Å². The predicted octanol–water partition coefficient (Wildman–Crippen LogP) is 4.32. The van der Waals surface area contributed by atoms with Gasteiger partial charge in [-0.3, -0.25) is 4.79 Å². The van der Waals surface area contributed by atoms with Crippen molar-refractivity contribution >= 4 is 23.3 Å². The van der Waals surface area contributed by atoms with Crippen molar-refractivity contribution in [1.82, 2.24) is 14.9 Å². The maximum atomic E-state index is 12.8. The molecule has 0 aliphatic heterocycles. The van der Waals surface area contributed by atoms with Crippen molar-refractivity contribution in [3.8, 4) is 0 Å². The average molecular weight is 381 g/mol. The fourth-order valence-electron chi connectivity index (χ4n) is 2.72. The molecule has 0 saturated carbocycles. The van der Waals surface area contributed by atoms with Crippen molar-refractivity contribution in [2.24, 2.45) is 0 Å². The van der Waals surface area contributed by atoms with Crippen LogP contribution in [0.5, 0.6) is 0 Å². The summed E-state index contributed by atoms with van der Waals surface area (Å²) in [6.07, 6.45) is 0. The number of carbonyl (C=O) groups is 1. The van der Waals surface area contributed by atoms with Crippen molar-refractivity contribution in [1.29, 1.82) is 0 Å². The Bertz CT molecular complexity index is 930. The highest BCUT2D eigenvalue weighted by molar-refractivity contribution is 6.31. The normalized spacial score (nSPS) is 10.5. The maximum Gasteiger partial charge on any atom is 0.272 e. The molecule has 2 aromatic carbocycles. The number of amides is 1. The van der Waals surface area contributed by atoms with Crippen LogP contribution < -0.4 is 5.32 Å². The number of anilines is 1. The van der Waals surface area contributed by atoms with Gasteiger partial charge >= 0.3 is 0 Å². The SMILES string of the molecule is Cc1nc(NCc2ccccc2Cl)cc(C(=O)N(C)Cc2ccccc2)n1. The Balaban J connectivity index is 1.72. The lowest BCUT2D eigenvalue weighted by Crippen LogP contribution is -2.27. The molecule has 1 heterocycles. The molecule has 0 spiro atoms. The third-order valence-electron chi connectivity index (χ3n) is 4.08. The van der Waals surface area contributed by atoms with Crippen molar-refractivity contribution in [3.63, 3.8) is 0 Å². The Morgan fingerprint density at radius 2 is 1.78 bits per heavy atom. The van der Waals surface area contributed by atoms with Gasteiger partial charge in [0.1, 0.15) is 17.3 Å². The minimum absolute atomic E-state index is 0.148. The third kappa shape index (κ3) is 5.05. The molecule has 0 atom stereocenters. The zero-order chi connectivity index (χ0) is 19.2. The Morgan fingerprint density at radius 3 is 2.52 bits per heavy atom. The van der Waals surface area contributed by atoms with E-state index in [-0.39, 0.29) is 5.91 Å². The summed E-state index contributed by atoms with van der Waals surface area (Å²) in [5.41, 5.74) is 2.39. The number of nitrogens with zero attached hydrogens (tertiary/aromatic N) is 3. The monoisotopic (exact) mass is 380 g/mol. The van der Waals surface area contributed by atoms with Crippen LogP contribution in [0.3, 0.4) is 0 Å². The minimum atomic E-state index is -0.148. The van der Waals surface area contributed by atoms with Crippen molar-refractivity contribution in [2.75, 3.05) is 12.4 Å². The molecule has 0 unspecified atom stereocenters. The summed E-state index contributed by atoms with van der Waals surface area (Å²) in [6, 6.07) is 19.1. The summed E-state index contributed by atoms with van der Waals surface area (Å²) in [7, 11) is 1.77. The highest BCUT2D eigenvalue weighted by atomic mass is 35.5. The Morgan fingerprint density at radius 1 is 1.07 bits per heavy atom. The predicted molar refractivity (Wildman–Crippen MR) is 108 cm³/mol. The van der Waals surface area contributed by atoms with Crippen LogP contribution in [0.2, 0.25) is 5.02 Å². The topological polar surface area (TPSA) is 58.1 Å². The van der Waals surface area contributed by atoms with E-state index >= 15 is 0 Å². The lowest BCUT2D eigenvalue weighted by molar-refractivity contribution is 0.0779. The van der Waals surface area contributed by atoms with E-state index in [1.165, 1.54) is 0 Å². The molecule has 5 nitrogen and oxygen atoms in total. The van der Waals surface area contributed by atoms with Gasteiger partial charge in [0, 0.05) is 31.2 Å². The van der Waals surface area contributed by atoms with Gasteiger partial charge < -0.3 is 10.2 Å². The molecule has 138 valence electrons. The molecule has 6 heteroatoms. The first-order chi connectivity index (χ1) is 13.0. The average Bonchev–Trinajstić information content (AvgIpc) is 2.67. The van der Waals surface area contributed by atoms with Gasteiger partial charge in [-0.2, -0.15) is 0 Å². The number of hydrogen-bond donors (Lipinski definition) is 1. The van der Waals surface area contributed by atoms with Gasteiger partial charge in [-0.25, -0.2) is 9.97 Å². The number of benzene rings is 2. The number of nitrogens with one attached hydrogen (secondary N) is 1. The van der Waals surface area contributed by atoms with Gasteiger partial charge in [-0.1, -0.05) is 60.1 Å². The lowest BCUT2D eigenvalue weighted by Gasteiger charge is -2.17. The molecule has 0 aliphatic carbocycles. The molecular weight excluding hydrogens is 360 g/mol. The van der Waals surface area contributed by atoms with Crippen LogP contribution in [0.1, 0.15) is 27.4 Å². The standard InChI is InChI=1S/C21H21ClN4O/c1-15-24-19(21(27)26(2)14-16-8-4-3-5-9-16)12-20(25-15)23-13-17-10-6-7-11-18(17)22/h3-12H,13-14H2,1-2H3,(H,23,24,25). The summed E-state index contributed by atoms with van der Waals surface area (Å²) >= 11 is 6.19. The molecule has 0 fully saturated rings. The zero-order valence-electron chi connectivity index (χ0n) is 15.3. The highest BCUT2D eigenvalue weighted by Crippen LogP contribution is 2.17. The fourth-order valence-corrected chi connectivity index (χ4v) is 2.92. The molecule has 1 amide bonds. The largest absolute Gasteiger partial charge is 0.366 e. The van der Waals surface area contributed by atoms with Crippen LogP contribution in [0.25, 0.3) is 0 Å². The number of aromatic nitrogens is 2. The number of halogens is 1. The van der Waals surface area contributed by atoms with Gasteiger partial charge in [0.15, 0.2) is 0 Å². The molecule has 0 bridgehead atoms. The quantitative estimate of drug-likeness (QED) is 0.691. The third-order valence-corrected chi connectivity index (χ3v) is 4.45. The molecular formula is C21H21ClN4O. The van der Waals surface area contributed by atoms with Crippen molar-refractivity contribution < 1.29 is 4.79 Å². The molecule has 27 heavy (non-hydrogen) atoms. The first kappa shape index (κ1) is 18.9. The molecule has 0 aliphatic rings. The fraction of sp³-hybridized carbons (Fsp3) is 0.190. The molecule has 0 radical (unpaired) electrons. The second-order valence-corrected chi connectivity index (χ2v) is 6.68. The van der Waals surface area contributed by atoms with E-state index < -0.39 is 0 Å². The van der Waals surface area contributed by atoms with Gasteiger partial charge in [0.05, 0.1) is 0 Å². The second kappa shape index (κ2) is 8.64. The Labute approximate surface area is 164 Å². The molecule has 3 rings (SSSR count). The zero-order valence-corrected chi connectivity index (χ0v) is 16.1. The molecule has 3 aromatic rings. The van der Waals surface area contributed by atoms with E-state index in [1.54, 1.807) is 24.9 Å². The molecule has 1 N–H and O–H groups in total. The van der Waals surface area contributed by atoms with E-state index in [9.17, 15) is 4.79 Å². The van der Waals surface area contributed by atoms with E-state index in [0.717, 1.165) is 11.1 Å². The van der Waals surface area contributed by atoms with E-state index in [4.69, 9.17) is 11.6 Å². The maximum absolute atomic E-state index is 12.8. The Kier molecular flexibility index (Phi) is 6.04. The first-order valence-corrected chi connectivity index (χ1v) is 9.03. The number of carbonyl (C=O) groups excluding carboxylic acids is 1. The van der Waals surface area contributed by atoms with Gasteiger partial charge in [-0.05, 0) is 24.1 Å². The summed E-state index contributed by atoms with van der Waals surface area (Å²) in [6.45, 7) is 2.81. The van der Waals surface area contributed by atoms with E-state index in [1.807, 2.05) is 54.6 Å². The van der Waals surface area contributed by atoms with E-state index in [2.05, 4.69) is 15.3 Å². The van der Waals surface area contributed by atoms with Crippen molar-refractivity contribution in [2.45, 2.75) is 20.0 Å². The van der Waals surface area contributed by atoms with Crippen LogP contribution in [0, 0.1) is 6.92 Å².